The summed E-state index contributed by atoms with van der Waals surface area (Å²) in [7, 11) is 7.80. The molecule has 0 spiro atoms. The summed E-state index contributed by atoms with van der Waals surface area (Å²) in [6.07, 6.45) is 5.56. The van der Waals surface area contributed by atoms with E-state index in [-0.39, 0.29) is 11.8 Å². The van der Waals surface area contributed by atoms with Gasteiger partial charge in [-0.25, -0.2) is 0 Å². The molecule has 1 aliphatic heterocycles. The molecule has 2 aromatic rings. The first kappa shape index (κ1) is 27.2. The predicted octanol–water partition coefficient (Wildman–Crippen LogP) is 3.82. The largest absolute Gasteiger partial charge is 0.493 e. The minimum atomic E-state index is -0.142. The third kappa shape index (κ3) is 5.51. The van der Waals surface area contributed by atoms with E-state index in [0.717, 1.165) is 42.4 Å². The fourth-order valence-electron chi connectivity index (χ4n) is 5.05. The molecule has 0 bridgehead atoms. The van der Waals surface area contributed by atoms with Crippen molar-refractivity contribution in [3.63, 3.8) is 0 Å². The third-order valence-corrected chi connectivity index (χ3v) is 7.16. The normalized spacial score (nSPS) is 15.4. The molecule has 9 heteroatoms. The summed E-state index contributed by atoms with van der Waals surface area (Å²) in [5, 5.41) is 0. The summed E-state index contributed by atoms with van der Waals surface area (Å²) in [5.74, 6) is 2.51. The number of fused-ring (bicyclic) bond motifs is 1. The molecule has 1 heterocycles. The average molecular weight is 525 g/mol. The Bertz CT molecular complexity index is 1190. The van der Waals surface area contributed by atoms with Crippen LogP contribution in [0.2, 0.25) is 0 Å². The summed E-state index contributed by atoms with van der Waals surface area (Å²) >= 11 is 0. The van der Waals surface area contributed by atoms with Crippen molar-refractivity contribution in [3.8, 4) is 28.7 Å². The number of amides is 2. The lowest BCUT2D eigenvalue weighted by Crippen LogP contribution is -2.51. The minimum absolute atomic E-state index is 0.0209. The smallest absolute Gasteiger partial charge is 0.254 e. The maximum atomic E-state index is 13.5. The zero-order chi connectivity index (χ0) is 27.2. The number of carbonyl (C=O) groups is 2. The Morgan fingerprint density at radius 3 is 1.71 bits per heavy atom. The number of benzene rings is 2. The molecule has 38 heavy (non-hydrogen) atoms. The van der Waals surface area contributed by atoms with Crippen LogP contribution < -0.4 is 23.7 Å². The van der Waals surface area contributed by atoms with Crippen molar-refractivity contribution in [3.05, 3.63) is 46.5 Å². The summed E-state index contributed by atoms with van der Waals surface area (Å²) < 4.78 is 27.1. The van der Waals surface area contributed by atoms with Gasteiger partial charge in [0.05, 0.1) is 35.5 Å². The standard InChI is InChI=1S/C29H36N2O7/c1-34-23-15-19-8-6-7-9-20(14-21(19)16-24(23)35-2)28(32)30-10-12-31(13-11-30)29(33)22-17-25(36-3)27(38-5)26(18-22)37-4/h14-18H,6-13H2,1-5H3. The van der Waals surface area contributed by atoms with Crippen molar-refractivity contribution in [2.24, 2.45) is 0 Å². The summed E-state index contributed by atoms with van der Waals surface area (Å²) in [6, 6.07) is 7.26. The Balaban J connectivity index is 1.49. The highest BCUT2D eigenvalue weighted by molar-refractivity contribution is 5.99. The maximum absolute atomic E-state index is 13.5. The van der Waals surface area contributed by atoms with Gasteiger partial charge in [-0.1, -0.05) is 0 Å². The van der Waals surface area contributed by atoms with Gasteiger partial charge in [-0.3, -0.25) is 9.59 Å². The SMILES string of the molecule is COc1cc2c(cc1OC)CCCCC(C(=O)N1CCN(C(=O)c3cc(OC)c(OC)c(OC)c3)CC1)=C2. The molecule has 204 valence electrons. The topological polar surface area (TPSA) is 86.8 Å². The Hall–Kier alpha value is -3.88. The molecule has 2 amide bonds. The summed E-state index contributed by atoms with van der Waals surface area (Å²) in [6.45, 7) is 1.81. The highest BCUT2D eigenvalue weighted by atomic mass is 16.5. The first-order valence-corrected chi connectivity index (χ1v) is 12.8. The minimum Gasteiger partial charge on any atom is -0.493 e. The molecule has 0 radical (unpaired) electrons. The van der Waals surface area contributed by atoms with E-state index in [9.17, 15) is 9.59 Å². The molecule has 0 atom stereocenters. The molecule has 1 fully saturated rings. The zero-order valence-corrected chi connectivity index (χ0v) is 22.8. The van der Waals surface area contributed by atoms with Gasteiger partial charge in [0.1, 0.15) is 0 Å². The van der Waals surface area contributed by atoms with Crippen molar-refractivity contribution >= 4 is 17.9 Å². The second-order valence-electron chi connectivity index (χ2n) is 9.28. The number of ether oxygens (including phenoxy) is 5. The number of rotatable bonds is 7. The van der Waals surface area contributed by atoms with Crippen molar-refractivity contribution in [1.82, 2.24) is 9.80 Å². The molecular formula is C29H36N2O7. The Kier molecular flexibility index (Phi) is 8.66. The lowest BCUT2D eigenvalue weighted by molar-refractivity contribution is -0.128. The summed E-state index contributed by atoms with van der Waals surface area (Å²) in [5.41, 5.74) is 3.36. The van der Waals surface area contributed by atoms with E-state index >= 15 is 0 Å². The second-order valence-corrected chi connectivity index (χ2v) is 9.28. The van der Waals surface area contributed by atoms with Crippen LogP contribution in [0.4, 0.5) is 0 Å². The molecule has 4 rings (SSSR count). The number of piperazine rings is 1. The number of hydrogen-bond acceptors (Lipinski definition) is 7. The Morgan fingerprint density at radius 2 is 1.16 bits per heavy atom. The van der Waals surface area contributed by atoms with Crippen molar-refractivity contribution < 1.29 is 33.3 Å². The predicted molar refractivity (Wildman–Crippen MR) is 144 cm³/mol. The Morgan fingerprint density at radius 1 is 0.632 bits per heavy atom. The molecular weight excluding hydrogens is 488 g/mol. The van der Waals surface area contributed by atoms with Gasteiger partial charge in [0.25, 0.3) is 5.91 Å². The van der Waals surface area contributed by atoms with Gasteiger partial charge in [0.15, 0.2) is 23.0 Å². The van der Waals surface area contributed by atoms with Crippen LogP contribution in [0.5, 0.6) is 28.7 Å². The quantitative estimate of drug-likeness (QED) is 0.544. The molecule has 0 aromatic heterocycles. The molecule has 1 aliphatic carbocycles. The molecule has 0 N–H and O–H groups in total. The molecule has 0 saturated carbocycles. The fraction of sp³-hybridized carbons (Fsp3) is 0.448. The molecule has 1 saturated heterocycles. The fourth-order valence-corrected chi connectivity index (χ4v) is 5.05. The molecule has 2 aromatic carbocycles. The van der Waals surface area contributed by atoms with Crippen LogP contribution in [0.15, 0.2) is 29.8 Å². The number of aryl methyl sites for hydroxylation is 1. The van der Waals surface area contributed by atoms with Crippen LogP contribution in [-0.4, -0.2) is 83.3 Å². The molecule has 9 nitrogen and oxygen atoms in total. The monoisotopic (exact) mass is 524 g/mol. The third-order valence-electron chi connectivity index (χ3n) is 7.16. The van der Waals surface area contributed by atoms with Crippen LogP contribution in [0.1, 0.15) is 40.7 Å². The van der Waals surface area contributed by atoms with E-state index in [1.54, 1.807) is 31.3 Å². The van der Waals surface area contributed by atoms with E-state index in [2.05, 4.69) is 0 Å². The van der Waals surface area contributed by atoms with E-state index in [0.29, 0.717) is 60.5 Å². The number of hydrogen-bond donors (Lipinski definition) is 0. The second kappa shape index (κ2) is 12.1. The van der Waals surface area contributed by atoms with Crippen molar-refractivity contribution in [2.75, 3.05) is 61.7 Å². The van der Waals surface area contributed by atoms with Gasteiger partial charge in [0.2, 0.25) is 11.7 Å². The lowest BCUT2D eigenvalue weighted by atomic mass is 9.92. The van der Waals surface area contributed by atoms with E-state index in [1.807, 2.05) is 23.1 Å². The van der Waals surface area contributed by atoms with E-state index in [4.69, 9.17) is 23.7 Å². The number of methoxy groups -OCH3 is 5. The molecule has 2 aliphatic rings. The van der Waals surface area contributed by atoms with E-state index < -0.39 is 0 Å². The van der Waals surface area contributed by atoms with Gasteiger partial charge in [0, 0.05) is 37.3 Å². The Labute approximate surface area is 223 Å². The first-order valence-electron chi connectivity index (χ1n) is 12.8. The van der Waals surface area contributed by atoms with Crippen LogP contribution in [0.25, 0.3) is 6.08 Å². The van der Waals surface area contributed by atoms with Gasteiger partial charge >= 0.3 is 0 Å². The van der Waals surface area contributed by atoms with Crippen LogP contribution >= 0.6 is 0 Å². The molecule has 0 unspecified atom stereocenters. The number of carbonyl (C=O) groups excluding carboxylic acids is 2. The van der Waals surface area contributed by atoms with Gasteiger partial charge in [-0.05, 0) is 67.2 Å². The van der Waals surface area contributed by atoms with Gasteiger partial charge in [-0.2, -0.15) is 0 Å². The maximum Gasteiger partial charge on any atom is 0.254 e. The van der Waals surface area contributed by atoms with Gasteiger partial charge in [-0.15, -0.1) is 0 Å². The van der Waals surface area contributed by atoms with Crippen molar-refractivity contribution in [1.29, 1.82) is 0 Å². The number of nitrogens with zero attached hydrogens (tertiary/aromatic N) is 2. The zero-order valence-electron chi connectivity index (χ0n) is 22.8. The first-order chi connectivity index (χ1) is 18.4. The highest BCUT2D eigenvalue weighted by Crippen LogP contribution is 2.39. The van der Waals surface area contributed by atoms with Crippen molar-refractivity contribution in [2.45, 2.75) is 25.7 Å². The van der Waals surface area contributed by atoms with Crippen LogP contribution in [0, 0.1) is 0 Å². The average Bonchev–Trinajstić information content (AvgIpc) is 2.95. The van der Waals surface area contributed by atoms with Gasteiger partial charge < -0.3 is 33.5 Å². The van der Waals surface area contributed by atoms with Crippen LogP contribution in [-0.2, 0) is 11.2 Å². The summed E-state index contributed by atoms with van der Waals surface area (Å²) in [4.78, 5) is 30.4. The van der Waals surface area contributed by atoms with Crippen LogP contribution in [0.3, 0.4) is 0 Å². The highest BCUT2D eigenvalue weighted by Gasteiger charge is 2.28. The lowest BCUT2D eigenvalue weighted by Gasteiger charge is -2.35. The van der Waals surface area contributed by atoms with E-state index in [1.165, 1.54) is 21.3 Å².